The van der Waals surface area contributed by atoms with Gasteiger partial charge in [0.1, 0.15) is 11.6 Å². The molecule has 4 heterocycles. The molecule has 1 aliphatic rings. The second kappa shape index (κ2) is 8.75. The number of carbonyl (C=O) groups is 1. The zero-order chi connectivity index (χ0) is 20.2. The SMILES string of the molecule is O=C(O)CC1CCN(c2ncc(-c3cccc(Nc4ccc(Cl)cn4)n3)s2)CC1. The van der Waals surface area contributed by atoms with Crippen molar-refractivity contribution in [1.82, 2.24) is 15.0 Å². The Bertz CT molecular complexity index is 987. The van der Waals surface area contributed by atoms with Crippen LogP contribution in [-0.2, 0) is 4.79 Å². The van der Waals surface area contributed by atoms with Crippen LogP contribution in [0.1, 0.15) is 19.3 Å². The van der Waals surface area contributed by atoms with E-state index >= 15 is 0 Å². The third kappa shape index (κ3) is 5.02. The topological polar surface area (TPSA) is 91.2 Å². The third-order valence-electron chi connectivity index (χ3n) is 4.83. The van der Waals surface area contributed by atoms with Crippen molar-refractivity contribution in [1.29, 1.82) is 0 Å². The largest absolute Gasteiger partial charge is 0.481 e. The van der Waals surface area contributed by atoms with Gasteiger partial charge in [0.25, 0.3) is 0 Å². The summed E-state index contributed by atoms with van der Waals surface area (Å²) in [4.78, 5) is 27.6. The third-order valence-corrected chi connectivity index (χ3v) is 6.13. The van der Waals surface area contributed by atoms with Crippen molar-refractivity contribution in [2.75, 3.05) is 23.3 Å². The highest BCUT2D eigenvalue weighted by molar-refractivity contribution is 7.18. The number of pyridine rings is 2. The van der Waals surface area contributed by atoms with Crippen molar-refractivity contribution in [3.05, 3.63) is 47.7 Å². The van der Waals surface area contributed by atoms with Crippen LogP contribution in [-0.4, -0.2) is 39.1 Å². The maximum atomic E-state index is 10.9. The molecule has 1 fully saturated rings. The molecule has 3 aromatic heterocycles. The second-order valence-electron chi connectivity index (χ2n) is 6.93. The minimum Gasteiger partial charge on any atom is -0.481 e. The van der Waals surface area contributed by atoms with Crippen LogP contribution in [0, 0.1) is 5.92 Å². The van der Waals surface area contributed by atoms with Crippen LogP contribution in [0.3, 0.4) is 0 Å². The van der Waals surface area contributed by atoms with E-state index in [2.05, 4.69) is 25.2 Å². The van der Waals surface area contributed by atoms with Crippen molar-refractivity contribution >= 4 is 45.7 Å². The normalized spacial score (nSPS) is 14.7. The molecule has 0 amide bonds. The van der Waals surface area contributed by atoms with Crippen LogP contribution in [0.2, 0.25) is 5.02 Å². The van der Waals surface area contributed by atoms with E-state index in [0.29, 0.717) is 16.7 Å². The van der Waals surface area contributed by atoms with Crippen LogP contribution in [0.25, 0.3) is 10.6 Å². The Balaban J connectivity index is 1.43. The van der Waals surface area contributed by atoms with E-state index in [1.54, 1.807) is 29.7 Å². The average molecular weight is 430 g/mol. The highest BCUT2D eigenvalue weighted by Gasteiger charge is 2.23. The van der Waals surface area contributed by atoms with Crippen molar-refractivity contribution in [3.8, 4) is 10.6 Å². The van der Waals surface area contributed by atoms with E-state index in [1.165, 1.54) is 0 Å². The Morgan fingerprint density at radius 2 is 2.00 bits per heavy atom. The highest BCUT2D eigenvalue weighted by Crippen LogP contribution is 2.33. The monoisotopic (exact) mass is 429 g/mol. The van der Waals surface area contributed by atoms with Gasteiger partial charge in [0, 0.05) is 31.9 Å². The molecule has 0 unspecified atom stereocenters. The predicted molar refractivity (Wildman–Crippen MR) is 115 cm³/mol. The number of hydrogen-bond acceptors (Lipinski definition) is 7. The number of carboxylic acid groups (broad SMARTS) is 1. The zero-order valence-corrected chi connectivity index (χ0v) is 17.2. The summed E-state index contributed by atoms with van der Waals surface area (Å²) in [5.74, 6) is 0.914. The second-order valence-corrected chi connectivity index (χ2v) is 8.38. The Morgan fingerprint density at radius 3 is 2.72 bits per heavy atom. The van der Waals surface area contributed by atoms with Gasteiger partial charge in [0.2, 0.25) is 0 Å². The molecule has 0 radical (unpaired) electrons. The van der Waals surface area contributed by atoms with Crippen molar-refractivity contribution < 1.29 is 9.90 Å². The molecule has 29 heavy (non-hydrogen) atoms. The van der Waals surface area contributed by atoms with Crippen LogP contribution < -0.4 is 10.2 Å². The molecule has 150 valence electrons. The minimum absolute atomic E-state index is 0.253. The molecule has 0 aromatic carbocycles. The van der Waals surface area contributed by atoms with E-state index in [4.69, 9.17) is 16.7 Å². The number of nitrogens with one attached hydrogen (secondary N) is 1. The maximum absolute atomic E-state index is 10.9. The van der Waals surface area contributed by atoms with Gasteiger partial charge < -0.3 is 15.3 Å². The molecule has 1 saturated heterocycles. The smallest absolute Gasteiger partial charge is 0.303 e. The lowest BCUT2D eigenvalue weighted by Gasteiger charge is -2.30. The van der Waals surface area contributed by atoms with Gasteiger partial charge >= 0.3 is 5.97 Å². The van der Waals surface area contributed by atoms with Gasteiger partial charge in [-0.3, -0.25) is 4.79 Å². The molecule has 1 aliphatic heterocycles. The fraction of sp³-hybridized carbons (Fsp3) is 0.300. The van der Waals surface area contributed by atoms with Gasteiger partial charge in [-0.2, -0.15) is 0 Å². The van der Waals surface area contributed by atoms with Crippen LogP contribution in [0.4, 0.5) is 16.8 Å². The molecular weight excluding hydrogens is 410 g/mol. The number of halogens is 1. The lowest BCUT2D eigenvalue weighted by molar-refractivity contribution is -0.138. The fourth-order valence-electron chi connectivity index (χ4n) is 3.33. The number of aliphatic carboxylic acids is 1. The summed E-state index contributed by atoms with van der Waals surface area (Å²) < 4.78 is 0. The number of anilines is 3. The van der Waals surface area contributed by atoms with Gasteiger partial charge in [-0.1, -0.05) is 29.0 Å². The summed E-state index contributed by atoms with van der Waals surface area (Å²) >= 11 is 7.47. The van der Waals surface area contributed by atoms with Gasteiger partial charge in [0.05, 0.1) is 15.6 Å². The molecule has 0 atom stereocenters. The standard InChI is InChI=1S/C20H20ClN5O2S/c21-14-4-5-17(22-11-14)25-18-3-1-2-15(24-18)16-12-23-20(29-16)26-8-6-13(7-9-26)10-19(27)28/h1-5,11-13H,6-10H2,(H,27,28)(H,22,24,25). The molecule has 4 rings (SSSR count). The molecule has 9 heteroatoms. The fourth-order valence-corrected chi connectivity index (χ4v) is 4.38. The number of nitrogens with zero attached hydrogens (tertiary/aromatic N) is 4. The molecule has 0 bridgehead atoms. The van der Waals surface area contributed by atoms with Crippen LogP contribution in [0.5, 0.6) is 0 Å². The summed E-state index contributed by atoms with van der Waals surface area (Å²) in [5, 5.41) is 13.7. The number of rotatable bonds is 6. The quantitative estimate of drug-likeness (QED) is 0.587. The van der Waals surface area contributed by atoms with Crippen molar-refractivity contribution in [2.45, 2.75) is 19.3 Å². The molecule has 3 aromatic rings. The summed E-state index contributed by atoms with van der Waals surface area (Å²) in [6.45, 7) is 1.67. The highest BCUT2D eigenvalue weighted by atomic mass is 35.5. The Labute approximate surface area is 177 Å². The number of thiazole rings is 1. The van der Waals surface area contributed by atoms with E-state index in [9.17, 15) is 4.79 Å². The lowest BCUT2D eigenvalue weighted by atomic mass is 9.94. The predicted octanol–water partition coefficient (Wildman–Crippen LogP) is 4.69. The van der Waals surface area contributed by atoms with Gasteiger partial charge in [0.15, 0.2) is 5.13 Å². The number of aromatic nitrogens is 3. The Morgan fingerprint density at radius 1 is 1.17 bits per heavy atom. The van der Waals surface area contributed by atoms with Gasteiger partial charge in [-0.25, -0.2) is 15.0 Å². The summed E-state index contributed by atoms with van der Waals surface area (Å²) in [7, 11) is 0. The lowest BCUT2D eigenvalue weighted by Crippen LogP contribution is -2.34. The first-order valence-corrected chi connectivity index (χ1v) is 10.5. The van der Waals surface area contributed by atoms with Crippen LogP contribution in [0.15, 0.2) is 42.7 Å². The number of carboxylic acids is 1. The summed E-state index contributed by atoms with van der Waals surface area (Å²) in [6.07, 6.45) is 5.45. The first-order chi connectivity index (χ1) is 14.1. The van der Waals surface area contributed by atoms with E-state index < -0.39 is 5.97 Å². The zero-order valence-electron chi connectivity index (χ0n) is 15.6. The Hall–Kier alpha value is -2.71. The molecular formula is C20H20ClN5O2S. The van der Waals surface area contributed by atoms with Crippen molar-refractivity contribution in [3.63, 3.8) is 0 Å². The maximum Gasteiger partial charge on any atom is 0.303 e. The summed E-state index contributed by atoms with van der Waals surface area (Å²) in [6, 6.07) is 9.36. The van der Waals surface area contributed by atoms with E-state index in [1.807, 2.05) is 24.4 Å². The molecule has 2 N–H and O–H groups in total. The van der Waals surface area contributed by atoms with Gasteiger partial charge in [-0.15, -0.1) is 0 Å². The first-order valence-electron chi connectivity index (χ1n) is 9.35. The Kier molecular flexibility index (Phi) is 5.92. The van der Waals surface area contributed by atoms with E-state index in [0.717, 1.165) is 41.6 Å². The average Bonchev–Trinajstić information content (AvgIpc) is 3.20. The molecule has 0 spiro atoms. The van der Waals surface area contributed by atoms with Crippen molar-refractivity contribution in [2.24, 2.45) is 5.92 Å². The number of piperidine rings is 1. The molecule has 0 aliphatic carbocycles. The van der Waals surface area contributed by atoms with Gasteiger partial charge in [-0.05, 0) is 43.0 Å². The minimum atomic E-state index is -0.714. The van der Waals surface area contributed by atoms with Crippen LogP contribution >= 0.6 is 22.9 Å². The summed E-state index contributed by atoms with van der Waals surface area (Å²) in [5.41, 5.74) is 0.841. The number of hydrogen-bond donors (Lipinski definition) is 2. The molecule has 7 nitrogen and oxygen atoms in total. The first kappa shape index (κ1) is 19.6. The van der Waals surface area contributed by atoms with E-state index in [-0.39, 0.29) is 12.3 Å². The molecule has 0 saturated carbocycles.